The molecule has 0 radical (unpaired) electrons. The highest BCUT2D eigenvalue weighted by Crippen LogP contribution is 2.35. The normalized spacial score (nSPS) is 32.1. The fourth-order valence-corrected chi connectivity index (χ4v) is 3.85. The first-order chi connectivity index (χ1) is 9.57. The summed E-state index contributed by atoms with van der Waals surface area (Å²) >= 11 is 2.19. The first kappa shape index (κ1) is 14.3. The molecule has 2 N–H and O–H groups in total. The van der Waals surface area contributed by atoms with Gasteiger partial charge in [-0.3, -0.25) is 4.79 Å². The minimum absolute atomic E-state index is 0.103. The highest BCUT2D eigenvalue weighted by molar-refractivity contribution is 14.1. The third-order valence-corrected chi connectivity index (χ3v) is 5.16. The van der Waals surface area contributed by atoms with Crippen LogP contribution >= 0.6 is 22.6 Å². The zero-order valence-electron chi connectivity index (χ0n) is 11.3. The lowest BCUT2D eigenvalue weighted by Gasteiger charge is -2.50. The SMILES string of the molecule is O=C(NCC1(O)CN2CCC1CC2)c1cccc(I)c1. The summed E-state index contributed by atoms with van der Waals surface area (Å²) in [5.41, 5.74) is -0.101. The standard InChI is InChI=1S/C15H19IN2O2/c16-13-3-1-2-11(8-13)14(19)17-9-15(20)10-18-6-4-12(15)5-7-18/h1-3,8,12,20H,4-7,9-10H2,(H,17,19). The monoisotopic (exact) mass is 386 g/mol. The molecule has 2 bridgehead atoms. The van der Waals surface area contributed by atoms with Gasteiger partial charge < -0.3 is 15.3 Å². The van der Waals surface area contributed by atoms with E-state index in [9.17, 15) is 9.90 Å². The molecule has 3 aliphatic rings. The van der Waals surface area contributed by atoms with E-state index in [1.54, 1.807) is 6.07 Å². The van der Waals surface area contributed by atoms with Crippen molar-refractivity contribution in [1.29, 1.82) is 0 Å². The van der Waals surface area contributed by atoms with Crippen molar-refractivity contribution in [1.82, 2.24) is 10.2 Å². The van der Waals surface area contributed by atoms with E-state index in [1.807, 2.05) is 18.2 Å². The van der Waals surface area contributed by atoms with Crippen LogP contribution in [0.2, 0.25) is 0 Å². The molecule has 1 amide bonds. The number of hydrogen-bond acceptors (Lipinski definition) is 3. The number of carbonyl (C=O) groups excluding carboxylic acids is 1. The van der Waals surface area contributed by atoms with Crippen LogP contribution in [-0.2, 0) is 0 Å². The largest absolute Gasteiger partial charge is 0.386 e. The Bertz CT molecular complexity index is 514. The van der Waals surface area contributed by atoms with Gasteiger partial charge in [0.2, 0.25) is 0 Å². The second-order valence-corrected chi connectivity index (χ2v) is 7.09. The Balaban J connectivity index is 1.63. The first-order valence-corrected chi connectivity index (χ1v) is 8.13. The van der Waals surface area contributed by atoms with Crippen LogP contribution in [0.1, 0.15) is 23.2 Å². The summed E-state index contributed by atoms with van der Waals surface area (Å²) < 4.78 is 1.04. The minimum Gasteiger partial charge on any atom is -0.386 e. The highest BCUT2D eigenvalue weighted by atomic mass is 127. The van der Waals surface area contributed by atoms with Gasteiger partial charge in [-0.05, 0) is 72.6 Å². The van der Waals surface area contributed by atoms with E-state index < -0.39 is 5.60 Å². The molecule has 0 saturated carbocycles. The lowest BCUT2D eigenvalue weighted by molar-refractivity contribution is -0.108. The smallest absolute Gasteiger partial charge is 0.251 e. The van der Waals surface area contributed by atoms with Crippen LogP contribution < -0.4 is 5.32 Å². The summed E-state index contributed by atoms with van der Waals surface area (Å²) in [6.07, 6.45) is 2.07. The third-order valence-electron chi connectivity index (χ3n) is 4.49. The molecule has 108 valence electrons. The van der Waals surface area contributed by atoms with Crippen molar-refractivity contribution in [3.8, 4) is 0 Å². The van der Waals surface area contributed by atoms with E-state index in [1.165, 1.54) is 0 Å². The molecule has 3 heterocycles. The van der Waals surface area contributed by atoms with Gasteiger partial charge in [-0.2, -0.15) is 0 Å². The van der Waals surface area contributed by atoms with Crippen molar-refractivity contribution in [2.24, 2.45) is 5.92 Å². The van der Waals surface area contributed by atoms with Crippen LogP contribution in [-0.4, -0.2) is 47.7 Å². The summed E-state index contributed by atoms with van der Waals surface area (Å²) in [6, 6.07) is 7.49. The third kappa shape index (κ3) is 2.84. The first-order valence-electron chi connectivity index (χ1n) is 7.05. The average Bonchev–Trinajstić information content (AvgIpc) is 2.46. The Hall–Kier alpha value is -0.660. The molecular weight excluding hydrogens is 367 g/mol. The van der Waals surface area contributed by atoms with Gasteiger partial charge in [-0.1, -0.05) is 6.07 Å². The van der Waals surface area contributed by atoms with Crippen LogP contribution in [0.4, 0.5) is 0 Å². The maximum atomic E-state index is 12.1. The molecule has 0 aliphatic carbocycles. The highest BCUT2D eigenvalue weighted by Gasteiger charge is 2.45. The fraction of sp³-hybridized carbons (Fsp3) is 0.533. The van der Waals surface area contributed by atoms with Crippen LogP contribution in [0, 0.1) is 9.49 Å². The van der Waals surface area contributed by atoms with Crippen molar-refractivity contribution < 1.29 is 9.90 Å². The van der Waals surface area contributed by atoms with Crippen molar-refractivity contribution in [2.45, 2.75) is 18.4 Å². The minimum atomic E-state index is -0.756. The maximum Gasteiger partial charge on any atom is 0.251 e. The molecule has 4 rings (SSSR count). The molecule has 4 nitrogen and oxygen atoms in total. The summed E-state index contributed by atoms with van der Waals surface area (Å²) in [7, 11) is 0. The lowest BCUT2D eigenvalue weighted by Crippen LogP contribution is -2.63. The number of hydrogen-bond donors (Lipinski definition) is 2. The topological polar surface area (TPSA) is 52.6 Å². The Labute approximate surface area is 132 Å². The van der Waals surface area contributed by atoms with Gasteiger partial charge >= 0.3 is 0 Å². The molecule has 3 fully saturated rings. The van der Waals surface area contributed by atoms with Gasteiger partial charge in [-0.15, -0.1) is 0 Å². The van der Waals surface area contributed by atoms with Gasteiger partial charge in [0.15, 0.2) is 0 Å². The van der Waals surface area contributed by atoms with Gasteiger partial charge in [0.25, 0.3) is 5.91 Å². The zero-order chi connectivity index (χ0) is 14.2. The molecule has 3 saturated heterocycles. The predicted octanol–water partition coefficient (Wildman–Crippen LogP) is 1.48. The zero-order valence-corrected chi connectivity index (χ0v) is 13.5. The van der Waals surface area contributed by atoms with Crippen LogP contribution in [0.3, 0.4) is 0 Å². The quantitative estimate of drug-likeness (QED) is 0.774. The van der Waals surface area contributed by atoms with E-state index in [0.29, 0.717) is 24.6 Å². The molecule has 5 heteroatoms. The van der Waals surface area contributed by atoms with E-state index in [0.717, 1.165) is 29.5 Å². The Morgan fingerprint density at radius 2 is 2.20 bits per heavy atom. The second-order valence-electron chi connectivity index (χ2n) is 5.85. The number of benzene rings is 1. The van der Waals surface area contributed by atoms with E-state index in [-0.39, 0.29) is 5.91 Å². The molecule has 1 aromatic carbocycles. The average molecular weight is 386 g/mol. The van der Waals surface area contributed by atoms with E-state index in [4.69, 9.17) is 0 Å². The number of fused-ring (bicyclic) bond motifs is 3. The molecule has 20 heavy (non-hydrogen) atoms. The van der Waals surface area contributed by atoms with Gasteiger partial charge in [0, 0.05) is 22.2 Å². The molecule has 1 aromatic rings. The fourth-order valence-electron chi connectivity index (χ4n) is 3.31. The molecule has 0 aromatic heterocycles. The van der Waals surface area contributed by atoms with Crippen molar-refractivity contribution >= 4 is 28.5 Å². The number of piperidine rings is 3. The van der Waals surface area contributed by atoms with Crippen LogP contribution in [0.5, 0.6) is 0 Å². The van der Waals surface area contributed by atoms with Gasteiger partial charge in [-0.25, -0.2) is 0 Å². The van der Waals surface area contributed by atoms with Gasteiger partial charge in [0.05, 0.1) is 5.60 Å². The number of aliphatic hydroxyl groups is 1. The Morgan fingerprint density at radius 3 is 2.80 bits per heavy atom. The molecule has 0 spiro atoms. The van der Waals surface area contributed by atoms with Gasteiger partial charge in [0.1, 0.15) is 0 Å². The summed E-state index contributed by atoms with van der Waals surface area (Å²) in [6.45, 7) is 3.19. The van der Waals surface area contributed by atoms with Crippen LogP contribution in [0.25, 0.3) is 0 Å². The number of rotatable bonds is 3. The maximum absolute atomic E-state index is 12.1. The molecular formula is C15H19IN2O2. The number of amides is 1. The Morgan fingerprint density at radius 1 is 1.45 bits per heavy atom. The predicted molar refractivity (Wildman–Crippen MR) is 85.6 cm³/mol. The lowest BCUT2D eigenvalue weighted by atomic mass is 9.75. The second kappa shape index (κ2) is 5.61. The van der Waals surface area contributed by atoms with E-state index >= 15 is 0 Å². The van der Waals surface area contributed by atoms with E-state index in [2.05, 4.69) is 32.8 Å². The molecule has 1 unspecified atom stereocenters. The Kier molecular flexibility index (Phi) is 4.01. The molecule has 1 atom stereocenters. The number of nitrogens with one attached hydrogen (secondary N) is 1. The van der Waals surface area contributed by atoms with Crippen molar-refractivity contribution in [3.05, 3.63) is 33.4 Å². The summed E-state index contributed by atoms with van der Waals surface area (Å²) in [4.78, 5) is 14.4. The number of nitrogens with zero attached hydrogens (tertiary/aromatic N) is 1. The summed E-state index contributed by atoms with van der Waals surface area (Å²) in [5.74, 6) is 0.220. The number of halogens is 1. The van der Waals surface area contributed by atoms with Crippen LogP contribution in [0.15, 0.2) is 24.3 Å². The van der Waals surface area contributed by atoms with Crippen molar-refractivity contribution in [2.75, 3.05) is 26.2 Å². The van der Waals surface area contributed by atoms with Crippen molar-refractivity contribution in [3.63, 3.8) is 0 Å². The molecule has 3 aliphatic heterocycles. The number of carbonyl (C=O) groups is 1. The summed E-state index contributed by atoms with van der Waals surface area (Å²) in [5, 5.41) is 13.7.